The van der Waals surface area contributed by atoms with Gasteiger partial charge in [0.2, 0.25) is 0 Å². The van der Waals surface area contributed by atoms with Crippen molar-refractivity contribution >= 4 is 23.2 Å². The Morgan fingerprint density at radius 2 is 1.93 bits per heavy atom. The van der Waals surface area contributed by atoms with Gasteiger partial charge in [-0.1, -0.05) is 24.9 Å². The summed E-state index contributed by atoms with van der Waals surface area (Å²) < 4.78 is 0. The summed E-state index contributed by atoms with van der Waals surface area (Å²) in [6.07, 6.45) is 9.21. The normalized spacial score (nSPS) is 26.0. The molecule has 1 saturated heterocycles. The van der Waals surface area contributed by atoms with Crippen molar-refractivity contribution in [2.75, 3.05) is 32.5 Å². The molecule has 6 heteroatoms. The van der Waals surface area contributed by atoms with E-state index in [1.54, 1.807) is 18.2 Å². The van der Waals surface area contributed by atoms with Crippen LogP contribution in [0.2, 0.25) is 5.02 Å². The highest BCUT2D eigenvalue weighted by molar-refractivity contribution is 6.33. The van der Waals surface area contributed by atoms with Gasteiger partial charge in [-0.15, -0.1) is 0 Å². The molecule has 4 rings (SSSR count). The van der Waals surface area contributed by atoms with Crippen molar-refractivity contribution in [2.24, 2.45) is 11.8 Å². The maximum Gasteiger partial charge on any atom is 0.278 e. The van der Waals surface area contributed by atoms with Crippen LogP contribution in [-0.2, 0) is 4.84 Å². The van der Waals surface area contributed by atoms with Crippen LogP contribution in [0.4, 0.5) is 5.69 Å². The molecule has 5 nitrogen and oxygen atoms in total. The van der Waals surface area contributed by atoms with E-state index in [0.29, 0.717) is 28.1 Å². The minimum atomic E-state index is -0.0706. The van der Waals surface area contributed by atoms with Gasteiger partial charge in [-0.3, -0.25) is 9.63 Å². The number of amides is 1. The maximum atomic E-state index is 13.5. The molecule has 2 N–H and O–H groups in total. The summed E-state index contributed by atoms with van der Waals surface area (Å²) in [7, 11) is 1.61. The highest BCUT2D eigenvalue weighted by Crippen LogP contribution is 2.44. The number of likely N-dealkylation sites (tertiary alicyclic amines) is 1. The molecule has 0 radical (unpaired) electrons. The fourth-order valence-corrected chi connectivity index (χ4v) is 5.46. The number of benzene rings is 1. The first-order valence-corrected chi connectivity index (χ1v) is 12.0. The smallest absolute Gasteiger partial charge is 0.278 e. The van der Waals surface area contributed by atoms with Gasteiger partial charge in [-0.05, 0) is 93.5 Å². The molecule has 166 valence electrons. The Bertz CT molecular complexity index is 759. The van der Waals surface area contributed by atoms with Gasteiger partial charge in [-0.2, -0.15) is 0 Å². The molecule has 1 aromatic carbocycles. The zero-order valence-corrected chi connectivity index (χ0v) is 19.2. The van der Waals surface area contributed by atoms with Crippen molar-refractivity contribution < 1.29 is 9.63 Å². The average Bonchev–Trinajstić information content (AvgIpc) is 3.57. The lowest BCUT2D eigenvalue weighted by molar-refractivity contribution is -0.134. The van der Waals surface area contributed by atoms with Crippen molar-refractivity contribution in [1.82, 2.24) is 9.96 Å². The van der Waals surface area contributed by atoms with E-state index >= 15 is 0 Å². The Kier molecular flexibility index (Phi) is 6.91. The summed E-state index contributed by atoms with van der Waals surface area (Å²) >= 11 is 6.29. The molecule has 0 bridgehead atoms. The summed E-state index contributed by atoms with van der Waals surface area (Å²) in [5.41, 5.74) is 8.26. The number of rotatable bonds is 6. The van der Waals surface area contributed by atoms with Crippen molar-refractivity contribution in [3.63, 3.8) is 0 Å². The molecular weight excluding hydrogens is 398 g/mol. The number of nitrogen functional groups attached to an aromatic ring is 1. The van der Waals surface area contributed by atoms with Crippen LogP contribution in [0.15, 0.2) is 12.1 Å². The van der Waals surface area contributed by atoms with E-state index in [1.807, 2.05) is 6.07 Å². The van der Waals surface area contributed by atoms with Crippen molar-refractivity contribution in [1.29, 1.82) is 0 Å². The van der Waals surface area contributed by atoms with E-state index < -0.39 is 0 Å². The van der Waals surface area contributed by atoms with E-state index in [1.165, 1.54) is 32.4 Å². The predicted molar refractivity (Wildman–Crippen MR) is 122 cm³/mol. The topological polar surface area (TPSA) is 58.8 Å². The Morgan fingerprint density at radius 3 is 2.60 bits per heavy atom. The Morgan fingerprint density at radius 1 is 1.20 bits per heavy atom. The van der Waals surface area contributed by atoms with Gasteiger partial charge in [0, 0.05) is 12.1 Å². The predicted octanol–water partition coefficient (Wildman–Crippen LogP) is 5.09. The van der Waals surface area contributed by atoms with E-state index in [4.69, 9.17) is 22.2 Å². The van der Waals surface area contributed by atoms with E-state index in [9.17, 15) is 4.79 Å². The molecule has 1 aromatic rings. The van der Waals surface area contributed by atoms with Gasteiger partial charge in [0.05, 0.1) is 23.9 Å². The van der Waals surface area contributed by atoms with Crippen LogP contribution in [0.3, 0.4) is 0 Å². The fraction of sp³-hybridized carbons (Fsp3) is 0.708. The number of hydrogen-bond acceptors (Lipinski definition) is 4. The average molecular weight is 434 g/mol. The van der Waals surface area contributed by atoms with Crippen LogP contribution in [-0.4, -0.2) is 48.7 Å². The highest BCUT2D eigenvalue weighted by Gasteiger charge is 2.35. The number of carbonyl (C=O) groups is 1. The first-order valence-electron chi connectivity index (χ1n) is 11.6. The summed E-state index contributed by atoms with van der Waals surface area (Å²) in [6, 6.07) is 3.75. The van der Waals surface area contributed by atoms with Gasteiger partial charge < -0.3 is 10.6 Å². The quantitative estimate of drug-likeness (QED) is 0.501. The van der Waals surface area contributed by atoms with E-state index in [2.05, 4.69) is 11.8 Å². The third kappa shape index (κ3) is 4.95. The SMILES string of the molecule is CON(C(=O)c1cc(Cl)c(N)cc1C1CC1)C1CCCC(CN2CCC(C)CC2)C1. The number of anilines is 1. The van der Waals surface area contributed by atoms with E-state index in [0.717, 1.165) is 50.1 Å². The summed E-state index contributed by atoms with van der Waals surface area (Å²) in [5, 5.41) is 2.07. The molecule has 2 atom stereocenters. The second-order valence-corrected chi connectivity index (χ2v) is 10.1. The van der Waals surface area contributed by atoms with Gasteiger partial charge in [0.25, 0.3) is 5.91 Å². The molecule has 1 amide bonds. The maximum absolute atomic E-state index is 13.5. The fourth-order valence-electron chi connectivity index (χ4n) is 5.29. The number of nitrogens with two attached hydrogens (primary N) is 1. The van der Waals surface area contributed by atoms with Gasteiger partial charge in [-0.25, -0.2) is 5.06 Å². The number of nitrogens with zero attached hydrogens (tertiary/aromatic N) is 2. The second-order valence-electron chi connectivity index (χ2n) is 9.72. The van der Waals surface area contributed by atoms with Gasteiger partial charge in [0.15, 0.2) is 0 Å². The van der Waals surface area contributed by atoms with Crippen LogP contribution in [0.25, 0.3) is 0 Å². The van der Waals surface area contributed by atoms with Crippen molar-refractivity contribution in [3.8, 4) is 0 Å². The molecule has 2 unspecified atom stereocenters. The lowest BCUT2D eigenvalue weighted by Gasteiger charge is -2.39. The minimum Gasteiger partial charge on any atom is -0.398 e. The Balaban J connectivity index is 1.45. The third-order valence-electron chi connectivity index (χ3n) is 7.29. The molecule has 0 aromatic heterocycles. The standard InChI is InChI=1S/C24H36ClN3O2/c1-16-8-10-27(11-9-16)15-17-4-3-5-19(12-17)28(30-2)24(29)21-13-22(25)23(26)14-20(21)18-6-7-18/h13-14,16-19H,3-12,15,26H2,1-2H3. The van der Waals surface area contributed by atoms with E-state index in [-0.39, 0.29) is 11.9 Å². The molecule has 1 aliphatic heterocycles. The molecule has 30 heavy (non-hydrogen) atoms. The Hall–Kier alpha value is -1.30. The summed E-state index contributed by atoms with van der Waals surface area (Å²) in [5.74, 6) is 1.83. The number of carbonyl (C=O) groups excluding carboxylic acids is 1. The monoisotopic (exact) mass is 433 g/mol. The number of hydroxylamine groups is 2. The summed E-state index contributed by atoms with van der Waals surface area (Å²) in [4.78, 5) is 21.8. The zero-order valence-electron chi connectivity index (χ0n) is 18.4. The highest BCUT2D eigenvalue weighted by atomic mass is 35.5. The lowest BCUT2D eigenvalue weighted by Crippen LogP contribution is -2.45. The number of hydrogen-bond donors (Lipinski definition) is 1. The van der Waals surface area contributed by atoms with Crippen LogP contribution < -0.4 is 5.73 Å². The largest absolute Gasteiger partial charge is 0.398 e. The van der Waals surface area contributed by atoms with Crippen LogP contribution in [0.1, 0.15) is 80.1 Å². The van der Waals surface area contributed by atoms with Crippen LogP contribution in [0, 0.1) is 11.8 Å². The number of halogens is 1. The van der Waals surface area contributed by atoms with Gasteiger partial charge in [0.1, 0.15) is 0 Å². The van der Waals surface area contributed by atoms with Crippen LogP contribution in [0.5, 0.6) is 0 Å². The first-order chi connectivity index (χ1) is 14.5. The van der Waals surface area contributed by atoms with Gasteiger partial charge >= 0.3 is 0 Å². The molecule has 2 aliphatic carbocycles. The first kappa shape index (κ1) is 21.9. The minimum absolute atomic E-state index is 0.0706. The molecule has 2 saturated carbocycles. The number of piperidine rings is 1. The molecule has 0 spiro atoms. The van der Waals surface area contributed by atoms with Crippen molar-refractivity contribution in [2.45, 2.75) is 70.3 Å². The third-order valence-corrected chi connectivity index (χ3v) is 7.62. The lowest BCUT2D eigenvalue weighted by atomic mass is 9.84. The molecular formula is C24H36ClN3O2. The summed E-state index contributed by atoms with van der Waals surface area (Å²) in [6.45, 7) is 5.93. The second kappa shape index (κ2) is 9.46. The van der Waals surface area contributed by atoms with Crippen LogP contribution >= 0.6 is 11.6 Å². The van der Waals surface area contributed by atoms with Crippen molar-refractivity contribution in [3.05, 3.63) is 28.3 Å². The molecule has 3 aliphatic rings. The Labute approximate surface area is 185 Å². The molecule has 1 heterocycles. The molecule has 3 fully saturated rings. The zero-order chi connectivity index (χ0) is 21.3.